The van der Waals surface area contributed by atoms with Gasteiger partial charge in [-0.2, -0.15) is 0 Å². The number of hydrogen-bond donors (Lipinski definition) is 0. The monoisotopic (exact) mass is 576 g/mol. The summed E-state index contributed by atoms with van der Waals surface area (Å²) in [5, 5.41) is 0. The summed E-state index contributed by atoms with van der Waals surface area (Å²) < 4.78 is 11.2. The third-order valence-electron chi connectivity index (χ3n) is 10.7. The molecular formula is C37H69NO3. The van der Waals surface area contributed by atoms with Gasteiger partial charge in [-0.05, 0) is 114 Å². The molecule has 3 aliphatic carbocycles. The molecule has 4 nitrogen and oxygen atoms in total. The average Bonchev–Trinajstić information content (AvgIpc) is 3.88. The van der Waals surface area contributed by atoms with Gasteiger partial charge in [-0.3, -0.25) is 0 Å². The highest BCUT2D eigenvalue weighted by molar-refractivity contribution is 5.60. The molecule has 0 heterocycles. The molecule has 0 spiro atoms. The van der Waals surface area contributed by atoms with Gasteiger partial charge in [0.15, 0.2) is 0 Å². The Morgan fingerprint density at radius 1 is 0.659 bits per heavy atom. The normalized spacial score (nSPS) is 27.1. The predicted octanol–water partition coefficient (Wildman–Crippen LogP) is 10.8. The first kappa shape index (κ1) is 34.7. The molecule has 3 saturated carbocycles. The second kappa shape index (κ2) is 20.2. The van der Waals surface area contributed by atoms with Crippen molar-refractivity contribution in [1.29, 1.82) is 0 Å². The molecular weight excluding hydrogens is 506 g/mol. The Morgan fingerprint density at radius 2 is 1.17 bits per heavy atom. The molecule has 3 aliphatic rings. The second-order valence-corrected chi connectivity index (χ2v) is 14.8. The maximum atomic E-state index is 12.3. The molecule has 0 aliphatic heterocycles. The van der Waals surface area contributed by atoms with Crippen LogP contribution in [0.25, 0.3) is 0 Å². The van der Waals surface area contributed by atoms with E-state index in [0.717, 1.165) is 67.7 Å². The Hall–Kier alpha value is -0.770. The molecule has 3 rings (SSSR count). The maximum absolute atomic E-state index is 12.3. The number of rotatable bonds is 27. The van der Waals surface area contributed by atoms with E-state index in [1.807, 2.05) is 14.1 Å². The van der Waals surface area contributed by atoms with Crippen LogP contribution < -0.4 is 0 Å². The number of carbonyl (C=O) groups excluding carboxylic acids is 1. The van der Waals surface area contributed by atoms with Crippen molar-refractivity contribution in [3.05, 3.63) is 0 Å². The van der Waals surface area contributed by atoms with Gasteiger partial charge in [-0.1, -0.05) is 97.3 Å². The lowest BCUT2D eigenvalue weighted by molar-refractivity contribution is 0.0150. The SMILES string of the molecule is CCCCCCCCCCC(CCCCCCCC1CC1CC1CC1CC1CC1CC)OC(=O)OCCCN(C)C. The van der Waals surface area contributed by atoms with Crippen LogP contribution in [0.3, 0.4) is 0 Å². The molecule has 0 N–H and O–H groups in total. The van der Waals surface area contributed by atoms with Crippen molar-refractivity contribution in [2.45, 2.75) is 168 Å². The van der Waals surface area contributed by atoms with Gasteiger partial charge in [-0.15, -0.1) is 0 Å². The fourth-order valence-corrected chi connectivity index (χ4v) is 7.50. The zero-order valence-corrected chi connectivity index (χ0v) is 27.9. The lowest BCUT2D eigenvalue weighted by Gasteiger charge is -2.18. The van der Waals surface area contributed by atoms with Crippen molar-refractivity contribution in [2.24, 2.45) is 35.5 Å². The van der Waals surface area contributed by atoms with E-state index in [4.69, 9.17) is 9.47 Å². The summed E-state index contributed by atoms with van der Waals surface area (Å²) in [6, 6.07) is 0. The van der Waals surface area contributed by atoms with Crippen molar-refractivity contribution in [2.75, 3.05) is 27.2 Å². The highest BCUT2D eigenvalue weighted by Crippen LogP contribution is 2.58. The van der Waals surface area contributed by atoms with E-state index in [1.165, 1.54) is 96.3 Å². The van der Waals surface area contributed by atoms with Crippen LogP contribution in [-0.4, -0.2) is 44.4 Å². The van der Waals surface area contributed by atoms with Crippen molar-refractivity contribution in [3.8, 4) is 0 Å². The average molecular weight is 576 g/mol. The molecule has 0 saturated heterocycles. The summed E-state index contributed by atoms with van der Waals surface area (Å²) in [6.45, 7) is 6.03. The van der Waals surface area contributed by atoms with Crippen LogP contribution in [0.15, 0.2) is 0 Å². The fourth-order valence-electron chi connectivity index (χ4n) is 7.50. The van der Waals surface area contributed by atoms with Crippen LogP contribution in [0.4, 0.5) is 4.79 Å². The zero-order chi connectivity index (χ0) is 29.3. The Labute approximate surface area is 255 Å². The molecule has 240 valence electrons. The highest BCUT2D eigenvalue weighted by Gasteiger charge is 2.48. The standard InChI is InChI=1S/C37H69NO3/c1-5-7-8-9-10-11-14-17-21-36(41-37(39)40-24-19-23-38(3)4)22-18-15-12-13-16-20-31-26-33(31)28-35-29-34(35)27-32-25-30(32)6-2/h30-36H,5-29H2,1-4H3. The quantitative estimate of drug-likeness (QED) is 0.0721. The Morgan fingerprint density at radius 3 is 1.76 bits per heavy atom. The molecule has 4 heteroatoms. The molecule has 41 heavy (non-hydrogen) atoms. The molecule has 0 aromatic heterocycles. The van der Waals surface area contributed by atoms with E-state index in [2.05, 4.69) is 18.7 Å². The first-order valence-electron chi connectivity index (χ1n) is 18.5. The van der Waals surface area contributed by atoms with Gasteiger partial charge in [0.2, 0.25) is 0 Å². The second-order valence-electron chi connectivity index (χ2n) is 14.8. The van der Waals surface area contributed by atoms with Gasteiger partial charge >= 0.3 is 6.16 Å². The molecule has 0 aromatic rings. The van der Waals surface area contributed by atoms with E-state index >= 15 is 0 Å². The number of ether oxygens (including phenoxy) is 2. The van der Waals surface area contributed by atoms with Gasteiger partial charge in [0.05, 0.1) is 6.61 Å². The lowest BCUT2D eigenvalue weighted by atomic mass is 10.0. The molecule has 3 fully saturated rings. The van der Waals surface area contributed by atoms with Crippen LogP contribution in [0.2, 0.25) is 0 Å². The summed E-state index contributed by atoms with van der Waals surface area (Å²) in [4.78, 5) is 14.4. The van der Waals surface area contributed by atoms with Crippen LogP contribution >= 0.6 is 0 Å². The van der Waals surface area contributed by atoms with E-state index in [-0.39, 0.29) is 6.10 Å². The van der Waals surface area contributed by atoms with Gasteiger partial charge in [0, 0.05) is 6.54 Å². The van der Waals surface area contributed by atoms with E-state index in [0.29, 0.717) is 6.61 Å². The maximum Gasteiger partial charge on any atom is 0.508 e. The van der Waals surface area contributed by atoms with Crippen molar-refractivity contribution in [3.63, 3.8) is 0 Å². The molecule has 7 unspecified atom stereocenters. The fraction of sp³-hybridized carbons (Fsp3) is 0.973. The Bertz CT molecular complexity index is 681. The lowest BCUT2D eigenvalue weighted by Crippen LogP contribution is -2.21. The number of hydrogen-bond acceptors (Lipinski definition) is 4. The summed E-state index contributed by atoms with van der Waals surface area (Å²) in [5.41, 5.74) is 0. The summed E-state index contributed by atoms with van der Waals surface area (Å²) >= 11 is 0. The van der Waals surface area contributed by atoms with Crippen LogP contribution in [0.5, 0.6) is 0 Å². The molecule has 7 atom stereocenters. The molecule has 0 aromatic carbocycles. The number of unbranched alkanes of at least 4 members (excludes halogenated alkanes) is 11. The number of nitrogens with zero attached hydrogens (tertiary/aromatic N) is 1. The van der Waals surface area contributed by atoms with Gasteiger partial charge in [0.25, 0.3) is 0 Å². The minimum absolute atomic E-state index is 0.0303. The Balaban J connectivity index is 1.18. The van der Waals surface area contributed by atoms with Crippen LogP contribution in [-0.2, 0) is 9.47 Å². The minimum atomic E-state index is -0.456. The third kappa shape index (κ3) is 16.0. The van der Waals surface area contributed by atoms with Crippen LogP contribution in [0.1, 0.15) is 162 Å². The van der Waals surface area contributed by atoms with Gasteiger partial charge < -0.3 is 14.4 Å². The largest absolute Gasteiger partial charge is 0.508 e. The predicted molar refractivity (Wildman–Crippen MR) is 173 cm³/mol. The topological polar surface area (TPSA) is 38.8 Å². The smallest absolute Gasteiger partial charge is 0.434 e. The van der Waals surface area contributed by atoms with Crippen molar-refractivity contribution < 1.29 is 14.3 Å². The van der Waals surface area contributed by atoms with E-state index in [9.17, 15) is 4.79 Å². The van der Waals surface area contributed by atoms with Gasteiger partial charge in [-0.25, -0.2) is 4.79 Å². The Kier molecular flexibility index (Phi) is 17.1. The molecule has 0 amide bonds. The van der Waals surface area contributed by atoms with Crippen molar-refractivity contribution in [1.82, 2.24) is 4.90 Å². The summed E-state index contributed by atoms with van der Waals surface area (Å²) in [6.07, 6.45) is 30.2. The molecule has 0 radical (unpaired) electrons. The first-order valence-corrected chi connectivity index (χ1v) is 18.5. The van der Waals surface area contributed by atoms with Gasteiger partial charge in [0.1, 0.15) is 6.10 Å². The highest BCUT2D eigenvalue weighted by atomic mass is 16.7. The summed E-state index contributed by atoms with van der Waals surface area (Å²) in [5.74, 6) is 6.59. The third-order valence-corrected chi connectivity index (χ3v) is 10.7. The van der Waals surface area contributed by atoms with Crippen LogP contribution in [0, 0.1) is 35.5 Å². The first-order chi connectivity index (χ1) is 20.0. The zero-order valence-electron chi connectivity index (χ0n) is 27.9. The summed E-state index contributed by atoms with van der Waals surface area (Å²) in [7, 11) is 4.09. The van der Waals surface area contributed by atoms with E-state index in [1.54, 1.807) is 25.7 Å². The number of carbonyl (C=O) groups is 1. The molecule has 0 bridgehead atoms. The van der Waals surface area contributed by atoms with E-state index < -0.39 is 6.16 Å². The minimum Gasteiger partial charge on any atom is -0.434 e. The van der Waals surface area contributed by atoms with Crippen molar-refractivity contribution >= 4 is 6.16 Å².